The average molecular weight is 416 g/mol. The monoisotopic (exact) mass is 415 g/mol. The Balaban J connectivity index is 1.44. The van der Waals surface area contributed by atoms with Gasteiger partial charge in [0, 0.05) is 18.0 Å². The van der Waals surface area contributed by atoms with Gasteiger partial charge in [-0.05, 0) is 37.4 Å². The summed E-state index contributed by atoms with van der Waals surface area (Å²) in [6.07, 6.45) is 1.33. The van der Waals surface area contributed by atoms with E-state index in [0.717, 1.165) is 10.6 Å². The number of rotatable bonds is 10. The highest BCUT2D eigenvalue weighted by atomic mass is 32.2. The maximum Gasteiger partial charge on any atom is 0.269 e. The van der Waals surface area contributed by atoms with E-state index in [1.165, 1.54) is 0 Å². The number of fused-ring (bicyclic) bond motifs is 1. The average Bonchev–Trinajstić information content (AvgIpc) is 2.73. The quantitative estimate of drug-likeness (QED) is 0.345. The maximum absolute atomic E-state index is 11.7. The van der Waals surface area contributed by atoms with Crippen molar-refractivity contribution in [2.75, 3.05) is 32.6 Å². The summed E-state index contributed by atoms with van der Waals surface area (Å²) in [7, 11) is 0. The molecule has 1 aromatic heterocycles. The number of aliphatic hydroxyl groups excluding tert-OH is 1. The predicted molar refractivity (Wildman–Crippen MR) is 115 cm³/mol. The Labute approximate surface area is 173 Å². The molecule has 0 saturated carbocycles. The molecule has 1 heterocycles. The summed E-state index contributed by atoms with van der Waals surface area (Å²) in [6.45, 7) is 3.25. The molecule has 3 aromatic rings. The molecule has 0 aliphatic heterocycles. The summed E-state index contributed by atoms with van der Waals surface area (Å²) in [4.78, 5) is 19.9. The second-order valence-electron chi connectivity index (χ2n) is 6.47. The van der Waals surface area contributed by atoms with Gasteiger partial charge in [-0.15, -0.1) is 11.8 Å². The summed E-state index contributed by atoms with van der Waals surface area (Å²) in [5.74, 6) is 1.39. The van der Waals surface area contributed by atoms with Gasteiger partial charge in [0.2, 0.25) is 0 Å². The smallest absolute Gasteiger partial charge is 0.269 e. The number of hydrogen-bond acceptors (Lipinski definition) is 7. The van der Waals surface area contributed by atoms with Crippen LogP contribution in [0.3, 0.4) is 0 Å². The maximum atomic E-state index is 11.7. The molecule has 8 heteroatoms. The number of thioether (sulfide) groups is 1. The zero-order valence-corrected chi connectivity index (χ0v) is 17.3. The van der Waals surface area contributed by atoms with Crippen molar-refractivity contribution in [3.63, 3.8) is 0 Å². The van der Waals surface area contributed by atoms with Crippen LogP contribution in [0.25, 0.3) is 11.0 Å². The van der Waals surface area contributed by atoms with Crippen molar-refractivity contribution in [1.82, 2.24) is 15.3 Å². The van der Waals surface area contributed by atoms with Gasteiger partial charge in [0.1, 0.15) is 42.0 Å². The Bertz CT molecular complexity index is 1010. The van der Waals surface area contributed by atoms with E-state index in [1.54, 1.807) is 36.9 Å². The third kappa shape index (κ3) is 5.72. The van der Waals surface area contributed by atoms with Gasteiger partial charge in [-0.25, -0.2) is 4.98 Å². The molecule has 154 valence electrons. The fourth-order valence-corrected chi connectivity index (χ4v) is 3.31. The summed E-state index contributed by atoms with van der Waals surface area (Å²) in [6, 6.07) is 13.2. The summed E-state index contributed by atoms with van der Waals surface area (Å²) in [5.41, 5.74) is 1.33. The highest BCUT2D eigenvalue weighted by molar-refractivity contribution is 7.98. The summed E-state index contributed by atoms with van der Waals surface area (Å²) < 4.78 is 11.5. The largest absolute Gasteiger partial charge is 0.491 e. The van der Waals surface area contributed by atoms with Crippen molar-refractivity contribution in [2.45, 2.75) is 17.9 Å². The third-order valence-electron chi connectivity index (χ3n) is 4.27. The van der Waals surface area contributed by atoms with Gasteiger partial charge in [-0.1, -0.05) is 18.2 Å². The first-order valence-corrected chi connectivity index (χ1v) is 10.6. The van der Waals surface area contributed by atoms with E-state index in [0.29, 0.717) is 42.2 Å². The van der Waals surface area contributed by atoms with Gasteiger partial charge in [-0.3, -0.25) is 4.79 Å². The van der Waals surface area contributed by atoms with E-state index in [4.69, 9.17) is 9.47 Å². The Hall–Kier alpha value is -2.55. The molecule has 3 N–H and O–H groups in total. The molecule has 1 atom stereocenters. The molecule has 0 spiro atoms. The first-order chi connectivity index (χ1) is 14.1. The highest BCUT2D eigenvalue weighted by Gasteiger charge is 2.10. The minimum atomic E-state index is -0.687. The van der Waals surface area contributed by atoms with Crippen LogP contribution < -0.4 is 20.3 Å². The number of aryl methyl sites for hydroxylation is 1. The molecule has 2 aromatic carbocycles. The van der Waals surface area contributed by atoms with Gasteiger partial charge >= 0.3 is 0 Å². The van der Waals surface area contributed by atoms with Crippen molar-refractivity contribution in [3.05, 3.63) is 58.5 Å². The van der Waals surface area contributed by atoms with Crippen molar-refractivity contribution >= 4 is 22.8 Å². The molecule has 0 radical (unpaired) electrons. The molecule has 0 fully saturated rings. The van der Waals surface area contributed by atoms with Crippen LogP contribution in [0.15, 0.2) is 52.2 Å². The highest BCUT2D eigenvalue weighted by Crippen LogP contribution is 2.26. The number of ether oxygens (including phenoxy) is 2. The van der Waals surface area contributed by atoms with E-state index < -0.39 is 6.10 Å². The Kier molecular flexibility index (Phi) is 7.51. The first kappa shape index (κ1) is 21.2. The minimum absolute atomic E-state index is 0.113. The lowest BCUT2D eigenvalue weighted by molar-refractivity contribution is 0.106. The van der Waals surface area contributed by atoms with Gasteiger partial charge in [0.05, 0.1) is 5.52 Å². The van der Waals surface area contributed by atoms with E-state index in [2.05, 4.69) is 15.3 Å². The molecule has 0 aliphatic rings. The van der Waals surface area contributed by atoms with Crippen LogP contribution in [-0.4, -0.2) is 53.7 Å². The lowest BCUT2D eigenvalue weighted by atomic mass is 10.2. The van der Waals surface area contributed by atoms with Crippen LogP contribution in [0, 0.1) is 6.92 Å². The second kappa shape index (κ2) is 10.3. The normalized spacial score (nSPS) is 12.1. The van der Waals surface area contributed by atoms with Crippen LogP contribution in [-0.2, 0) is 0 Å². The van der Waals surface area contributed by atoms with E-state index in [9.17, 15) is 9.90 Å². The molecular weight excluding hydrogens is 390 g/mol. The minimum Gasteiger partial charge on any atom is -0.491 e. The third-order valence-corrected chi connectivity index (χ3v) is 5.05. The molecule has 3 rings (SSSR count). The second-order valence-corrected chi connectivity index (χ2v) is 7.32. The summed E-state index contributed by atoms with van der Waals surface area (Å²) >= 11 is 1.64. The van der Waals surface area contributed by atoms with E-state index in [1.807, 2.05) is 30.5 Å². The molecule has 0 bridgehead atoms. The number of benzene rings is 2. The number of aliphatic hydroxyl groups is 1. The SMILES string of the molecule is CSc1ccccc1OCCNCC(O)COc1cccc2[nH]c(=O)c(C)nc12. The Morgan fingerprint density at radius 3 is 2.79 bits per heavy atom. The Morgan fingerprint density at radius 1 is 1.17 bits per heavy atom. The molecule has 29 heavy (non-hydrogen) atoms. The summed E-state index contributed by atoms with van der Waals surface area (Å²) in [5, 5.41) is 13.3. The van der Waals surface area contributed by atoms with Crippen LogP contribution >= 0.6 is 11.8 Å². The molecule has 0 amide bonds. The van der Waals surface area contributed by atoms with Crippen molar-refractivity contribution < 1.29 is 14.6 Å². The number of para-hydroxylation sites is 2. The van der Waals surface area contributed by atoms with Gasteiger partial charge in [0.25, 0.3) is 5.56 Å². The topological polar surface area (TPSA) is 96.5 Å². The van der Waals surface area contributed by atoms with E-state index in [-0.39, 0.29) is 12.2 Å². The molecule has 0 saturated heterocycles. The van der Waals surface area contributed by atoms with Gasteiger partial charge < -0.3 is 24.9 Å². The number of hydrogen-bond donors (Lipinski definition) is 3. The lowest BCUT2D eigenvalue weighted by Crippen LogP contribution is -2.33. The van der Waals surface area contributed by atoms with Crippen molar-refractivity contribution in [2.24, 2.45) is 0 Å². The first-order valence-electron chi connectivity index (χ1n) is 9.35. The zero-order chi connectivity index (χ0) is 20.6. The van der Waals surface area contributed by atoms with E-state index >= 15 is 0 Å². The fourth-order valence-electron chi connectivity index (χ4n) is 2.77. The van der Waals surface area contributed by atoms with Crippen LogP contribution in [0.5, 0.6) is 11.5 Å². The van der Waals surface area contributed by atoms with Gasteiger partial charge in [-0.2, -0.15) is 0 Å². The number of aromatic nitrogens is 2. The fraction of sp³-hybridized carbons (Fsp3) is 0.333. The Morgan fingerprint density at radius 2 is 1.97 bits per heavy atom. The molecule has 0 aliphatic carbocycles. The lowest BCUT2D eigenvalue weighted by Gasteiger charge is -2.15. The number of H-pyrrole nitrogens is 1. The standard InChI is InChI=1S/C21H25N3O4S/c1-14-21(26)24-16-6-5-8-18(20(16)23-14)28-13-15(25)12-22-10-11-27-17-7-3-4-9-19(17)29-2/h3-9,15,22,25H,10-13H2,1-2H3,(H,24,26). The zero-order valence-electron chi connectivity index (χ0n) is 16.5. The van der Waals surface area contributed by atoms with Gasteiger partial charge in [0.15, 0.2) is 0 Å². The molecule has 1 unspecified atom stereocenters. The number of aromatic amines is 1. The van der Waals surface area contributed by atoms with Crippen LogP contribution in [0.1, 0.15) is 5.69 Å². The molecular formula is C21H25N3O4S. The number of nitrogens with zero attached hydrogens (tertiary/aromatic N) is 1. The predicted octanol–water partition coefficient (Wildman–Crippen LogP) is 2.36. The number of nitrogens with one attached hydrogen (secondary N) is 2. The van der Waals surface area contributed by atoms with Crippen molar-refractivity contribution in [3.8, 4) is 11.5 Å². The van der Waals surface area contributed by atoms with Crippen molar-refractivity contribution in [1.29, 1.82) is 0 Å². The van der Waals surface area contributed by atoms with Crippen LogP contribution in [0.4, 0.5) is 0 Å². The van der Waals surface area contributed by atoms with Crippen LogP contribution in [0.2, 0.25) is 0 Å². The molecule has 7 nitrogen and oxygen atoms in total.